The van der Waals surface area contributed by atoms with E-state index >= 15 is 0 Å². The van der Waals surface area contributed by atoms with Crippen LogP contribution in [0.1, 0.15) is 17.2 Å². The highest BCUT2D eigenvalue weighted by Crippen LogP contribution is 2.39. The fourth-order valence-electron chi connectivity index (χ4n) is 3.53. The molecule has 26 heavy (non-hydrogen) atoms. The Kier molecular flexibility index (Phi) is 4.93. The molecule has 1 fully saturated rings. The molecule has 2 aromatic carbocycles. The quantitative estimate of drug-likeness (QED) is 0.627. The predicted molar refractivity (Wildman–Crippen MR) is 103 cm³/mol. The van der Waals surface area contributed by atoms with Crippen LogP contribution in [0.2, 0.25) is 5.02 Å². The Morgan fingerprint density at radius 2 is 1.85 bits per heavy atom. The lowest BCUT2D eigenvalue weighted by Crippen LogP contribution is -2.39. The maximum atomic E-state index is 11.8. The molecule has 0 spiro atoms. The number of hydrogen-bond acceptors (Lipinski definition) is 5. The topological polar surface area (TPSA) is 54.8 Å². The lowest BCUT2D eigenvalue weighted by molar-refractivity contribution is 0.0240. The van der Waals surface area contributed by atoms with Gasteiger partial charge >= 0.3 is 0 Å². The number of rotatable bonds is 4. The zero-order chi connectivity index (χ0) is 17.9. The van der Waals surface area contributed by atoms with E-state index in [-0.39, 0.29) is 6.04 Å². The number of pyridine rings is 1. The van der Waals surface area contributed by atoms with Gasteiger partial charge in [-0.05, 0) is 28.9 Å². The molecule has 1 aliphatic rings. The molecule has 0 saturated carbocycles. The third-order valence-electron chi connectivity index (χ3n) is 4.76. The van der Waals surface area contributed by atoms with E-state index in [4.69, 9.17) is 16.3 Å². The highest BCUT2D eigenvalue weighted by Gasteiger charge is 2.28. The van der Waals surface area contributed by atoms with Gasteiger partial charge in [0.2, 0.25) is 0 Å². The molecule has 0 bridgehead atoms. The van der Waals surface area contributed by atoms with Crippen LogP contribution >= 0.6 is 11.6 Å². The normalized spacial score (nSPS) is 16.5. The van der Waals surface area contributed by atoms with Gasteiger partial charge < -0.3 is 4.74 Å². The van der Waals surface area contributed by atoms with E-state index in [2.05, 4.69) is 15.1 Å². The molecule has 1 aliphatic heterocycles. The minimum absolute atomic E-state index is 0.102. The van der Waals surface area contributed by atoms with E-state index in [0.29, 0.717) is 29.4 Å². The molecule has 1 unspecified atom stereocenters. The first kappa shape index (κ1) is 17.1. The van der Waals surface area contributed by atoms with E-state index < -0.39 is 0 Å². The summed E-state index contributed by atoms with van der Waals surface area (Å²) in [5, 5.41) is 4.95. The van der Waals surface area contributed by atoms with Crippen LogP contribution in [0.4, 0.5) is 5.69 Å². The van der Waals surface area contributed by atoms with Gasteiger partial charge in [0.15, 0.2) is 0 Å². The van der Waals surface area contributed by atoms with Crippen LogP contribution in [0.25, 0.3) is 10.9 Å². The van der Waals surface area contributed by atoms with Gasteiger partial charge in [-0.2, -0.15) is 0 Å². The molecule has 0 radical (unpaired) electrons. The molecule has 132 valence electrons. The number of aromatic nitrogens is 1. The number of benzene rings is 2. The molecule has 4 rings (SSSR count). The number of halogens is 1. The van der Waals surface area contributed by atoms with Crippen molar-refractivity contribution < 1.29 is 4.74 Å². The van der Waals surface area contributed by atoms with Crippen LogP contribution in [-0.4, -0.2) is 36.2 Å². The second kappa shape index (κ2) is 7.50. The van der Waals surface area contributed by atoms with Crippen molar-refractivity contribution in [1.82, 2.24) is 9.88 Å². The molecule has 6 heteroatoms. The zero-order valence-electron chi connectivity index (χ0n) is 14.1. The summed E-state index contributed by atoms with van der Waals surface area (Å²) in [6, 6.07) is 15.4. The Hall–Kier alpha value is -2.34. The molecule has 1 saturated heterocycles. The second-order valence-corrected chi connectivity index (χ2v) is 6.71. The van der Waals surface area contributed by atoms with Gasteiger partial charge in [-0.1, -0.05) is 41.9 Å². The molecule has 5 nitrogen and oxygen atoms in total. The first-order valence-corrected chi connectivity index (χ1v) is 8.94. The largest absolute Gasteiger partial charge is 0.379 e. The van der Waals surface area contributed by atoms with E-state index in [1.807, 2.05) is 48.5 Å². The number of ether oxygens (including phenoxy) is 1. The van der Waals surface area contributed by atoms with Crippen LogP contribution in [0.15, 0.2) is 59.9 Å². The summed E-state index contributed by atoms with van der Waals surface area (Å²) < 4.78 is 5.51. The summed E-state index contributed by atoms with van der Waals surface area (Å²) in [6.07, 6.45) is 1.69. The van der Waals surface area contributed by atoms with Gasteiger partial charge in [0.25, 0.3) is 0 Å². The maximum Gasteiger partial charge on any atom is 0.139 e. The number of nitrogens with zero attached hydrogens (tertiary/aromatic N) is 3. The van der Waals surface area contributed by atoms with E-state index in [1.165, 1.54) is 0 Å². The van der Waals surface area contributed by atoms with E-state index in [9.17, 15) is 4.91 Å². The summed E-state index contributed by atoms with van der Waals surface area (Å²) in [4.78, 5) is 18.5. The van der Waals surface area contributed by atoms with Gasteiger partial charge in [0.05, 0.1) is 24.8 Å². The molecule has 0 aliphatic carbocycles. The molecule has 0 amide bonds. The van der Waals surface area contributed by atoms with Crippen LogP contribution < -0.4 is 0 Å². The van der Waals surface area contributed by atoms with Gasteiger partial charge in [-0.15, -0.1) is 4.91 Å². The summed E-state index contributed by atoms with van der Waals surface area (Å²) in [5.41, 5.74) is 2.95. The number of fused-ring (bicyclic) bond motifs is 1. The minimum Gasteiger partial charge on any atom is -0.379 e. The third-order valence-corrected chi connectivity index (χ3v) is 5.01. The van der Waals surface area contributed by atoms with Crippen LogP contribution in [0, 0.1) is 4.91 Å². The van der Waals surface area contributed by atoms with E-state index in [0.717, 1.165) is 29.6 Å². The van der Waals surface area contributed by atoms with Gasteiger partial charge in [-0.3, -0.25) is 9.88 Å². The molecular formula is C20H18ClN3O2. The summed E-state index contributed by atoms with van der Waals surface area (Å²) in [5.74, 6) is 0. The van der Waals surface area contributed by atoms with Crippen molar-refractivity contribution in [2.75, 3.05) is 26.3 Å². The highest BCUT2D eigenvalue weighted by molar-refractivity contribution is 6.30. The number of nitroso groups, excluding NO2 is 1. The number of morpholine rings is 1. The Morgan fingerprint density at radius 3 is 2.58 bits per heavy atom. The first-order chi connectivity index (χ1) is 12.8. The average Bonchev–Trinajstić information content (AvgIpc) is 2.70. The Labute approximate surface area is 156 Å². The van der Waals surface area contributed by atoms with Crippen LogP contribution in [0.5, 0.6) is 0 Å². The second-order valence-electron chi connectivity index (χ2n) is 6.27. The Bertz CT molecular complexity index is 924. The van der Waals surface area contributed by atoms with Crippen molar-refractivity contribution in [3.8, 4) is 0 Å². The summed E-state index contributed by atoms with van der Waals surface area (Å²) in [6.45, 7) is 2.90. The Balaban J connectivity index is 1.89. The minimum atomic E-state index is -0.102. The standard InChI is InChI=1S/C20H18ClN3O2/c21-16-6-3-15(4-7-16)20(24-10-12-26-13-11-24)17-8-5-14-2-1-9-22-18(14)19(17)23-25/h1-9,20H,10-13H2. The SMILES string of the molecule is O=Nc1c(C(c2ccc(Cl)cc2)N2CCOCC2)ccc2cccnc12. The molecule has 3 aromatic rings. The van der Waals surface area contributed by atoms with Crippen molar-refractivity contribution in [1.29, 1.82) is 0 Å². The molecule has 1 aromatic heterocycles. The third kappa shape index (κ3) is 3.21. The highest BCUT2D eigenvalue weighted by atomic mass is 35.5. The lowest BCUT2D eigenvalue weighted by atomic mass is 9.94. The molecule has 2 heterocycles. The van der Waals surface area contributed by atoms with Crippen LogP contribution in [0.3, 0.4) is 0 Å². The van der Waals surface area contributed by atoms with Crippen molar-refractivity contribution >= 4 is 28.2 Å². The summed E-state index contributed by atoms with van der Waals surface area (Å²) in [7, 11) is 0. The van der Waals surface area contributed by atoms with Crippen molar-refractivity contribution in [3.63, 3.8) is 0 Å². The van der Waals surface area contributed by atoms with E-state index in [1.54, 1.807) is 6.20 Å². The fourth-order valence-corrected chi connectivity index (χ4v) is 3.66. The monoisotopic (exact) mass is 367 g/mol. The molecule has 1 atom stereocenters. The number of hydrogen-bond donors (Lipinski definition) is 0. The van der Waals surface area contributed by atoms with Gasteiger partial charge in [0.1, 0.15) is 5.69 Å². The maximum absolute atomic E-state index is 11.8. The van der Waals surface area contributed by atoms with Gasteiger partial charge in [0, 0.05) is 35.3 Å². The Morgan fingerprint density at radius 1 is 1.08 bits per heavy atom. The molecule has 0 N–H and O–H groups in total. The van der Waals surface area contributed by atoms with Gasteiger partial charge in [-0.25, -0.2) is 0 Å². The molecular weight excluding hydrogens is 350 g/mol. The zero-order valence-corrected chi connectivity index (χ0v) is 14.9. The van der Waals surface area contributed by atoms with Crippen molar-refractivity contribution in [2.45, 2.75) is 6.04 Å². The predicted octanol–water partition coefficient (Wildman–Crippen LogP) is 4.71. The van der Waals surface area contributed by atoms with Crippen molar-refractivity contribution in [3.05, 3.63) is 75.8 Å². The first-order valence-electron chi connectivity index (χ1n) is 8.56. The van der Waals surface area contributed by atoms with Crippen molar-refractivity contribution in [2.24, 2.45) is 5.18 Å². The smallest absolute Gasteiger partial charge is 0.139 e. The summed E-state index contributed by atoms with van der Waals surface area (Å²) >= 11 is 6.07. The fraction of sp³-hybridized carbons (Fsp3) is 0.250. The van der Waals surface area contributed by atoms with Crippen LogP contribution in [-0.2, 0) is 4.74 Å². The average molecular weight is 368 g/mol. The lowest BCUT2D eigenvalue weighted by Gasteiger charge is -2.35.